The third-order valence-electron chi connectivity index (χ3n) is 12.1. The zero-order valence-electron chi connectivity index (χ0n) is 30.8. The standard InChI is InChI=1S/C52H42S/c1-5-53(6-2,47-29-27-38-24-23-36-16-13-17-37-26-28-45(47)51(38)49(36)37)48-31-33(3)46(30-34(48)4)52-43-20-11-9-18-41(43)50(42-19-10-12-21-44(42)52)40-25-22-35-14-7-8-15-39(35)32-40/h7-32H,5-6H2,1-4H3. The third kappa shape index (κ3) is 4.70. The van der Waals surface area contributed by atoms with Gasteiger partial charge in [0, 0.05) is 4.90 Å². The Morgan fingerprint density at radius 1 is 0.377 bits per heavy atom. The average Bonchev–Trinajstić information content (AvgIpc) is 3.21. The highest BCUT2D eigenvalue weighted by Gasteiger charge is 2.30. The summed E-state index contributed by atoms with van der Waals surface area (Å²) in [7, 11) is -1.35. The van der Waals surface area contributed by atoms with Gasteiger partial charge in [-0.15, -0.1) is 0 Å². The predicted octanol–water partition coefficient (Wildman–Crippen LogP) is 15.3. The van der Waals surface area contributed by atoms with Crippen molar-refractivity contribution in [3.05, 3.63) is 169 Å². The molecule has 0 radical (unpaired) electrons. The number of hydrogen-bond acceptors (Lipinski definition) is 0. The Labute approximate surface area is 313 Å². The molecule has 0 heterocycles. The van der Waals surface area contributed by atoms with Gasteiger partial charge in [0.15, 0.2) is 0 Å². The van der Waals surface area contributed by atoms with Crippen LogP contribution in [0.2, 0.25) is 0 Å². The number of rotatable bonds is 6. The van der Waals surface area contributed by atoms with E-state index in [2.05, 4.69) is 185 Å². The fraction of sp³-hybridized carbons (Fsp3) is 0.115. The minimum absolute atomic E-state index is 1.11. The molecular formula is C52H42S. The highest BCUT2D eigenvalue weighted by Crippen LogP contribution is 2.65. The zero-order valence-corrected chi connectivity index (χ0v) is 31.7. The molecule has 0 bridgehead atoms. The maximum absolute atomic E-state index is 2.58. The summed E-state index contributed by atoms with van der Waals surface area (Å²) in [5.74, 6) is 2.22. The topological polar surface area (TPSA) is 0 Å². The zero-order chi connectivity index (χ0) is 35.8. The lowest BCUT2D eigenvalue weighted by atomic mass is 9.84. The smallest absolute Gasteiger partial charge is 0.00202 e. The highest BCUT2D eigenvalue weighted by molar-refractivity contribution is 8.34. The molecule has 0 N–H and O–H groups in total. The second-order valence-electron chi connectivity index (χ2n) is 14.7. The monoisotopic (exact) mass is 698 g/mol. The summed E-state index contributed by atoms with van der Waals surface area (Å²) >= 11 is 0. The van der Waals surface area contributed by atoms with Crippen molar-refractivity contribution >= 4 is 74.7 Å². The summed E-state index contributed by atoms with van der Waals surface area (Å²) in [6.45, 7) is 9.56. The van der Waals surface area contributed by atoms with E-state index in [4.69, 9.17) is 0 Å². The Bertz CT molecular complexity index is 2980. The van der Waals surface area contributed by atoms with Crippen LogP contribution in [0.4, 0.5) is 0 Å². The van der Waals surface area contributed by atoms with Gasteiger partial charge in [-0.3, -0.25) is 0 Å². The van der Waals surface area contributed by atoms with Gasteiger partial charge in [-0.2, -0.15) is 10.0 Å². The van der Waals surface area contributed by atoms with Crippen molar-refractivity contribution in [3.63, 3.8) is 0 Å². The van der Waals surface area contributed by atoms with Gasteiger partial charge in [0.05, 0.1) is 0 Å². The van der Waals surface area contributed by atoms with Crippen LogP contribution in [-0.4, -0.2) is 11.5 Å². The van der Waals surface area contributed by atoms with Gasteiger partial charge in [0.1, 0.15) is 0 Å². The van der Waals surface area contributed by atoms with E-state index in [1.54, 1.807) is 0 Å². The van der Waals surface area contributed by atoms with Crippen LogP contribution in [0, 0.1) is 13.8 Å². The first kappa shape index (κ1) is 32.1. The molecule has 1 heteroatoms. The van der Waals surface area contributed by atoms with Crippen LogP contribution in [0.25, 0.3) is 86.9 Å². The van der Waals surface area contributed by atoms with Crippen LogP contribution in [-0.2, 0) is 0 Å². The molecule has 0 unspecified atom stereocenters. The van der Waals surface area contributed by atoms with Gasteiger partial charge >= 0.3 is 0 Å². The van der Waals surface area contributed by atoms with Crippen LogP contribution in [0.15, 0.2) is 168 Å². The summed E-state index contributed by atoms with van der Waals surface area (Å²) in [5.41, 5.74) is 7.98. The normalized spacial score (nSPS) is 12.6. The maximum atomic E-state index is 2.58. The molecule has 256 valence electrons. The molecule has 0 saturated carbocycles. The molecule has 0 fully saturated rings. The van der Waals surface area contributed by atoms with Crippen molar-refractivity contribution in [2.45, 2.75) is 37.5 Å². The largest absolute Gasteiger partial charge is 0.187 e. The lowest BCUT2D eigenvalue weighted by Gasteiger charge is -2.42. The Morgan fingerprint density at radius 2 is 0.906 bits per heavy atom. The first-order valence-corrected chi connectivity index (χ1v) is 21.0. The molecule has 53 heavy (non-hydrogen) atoms. The lowest BCUT2D eigenvalue weighted by molar-refractivity contribution is 1.21. The van der Waals surface area contributed by atoms with E-state index in [9.17, 15) is 0 Å². The molecule has 0 atom stereocenters. The van der Waals surface area contributed by atoms with Gasteiger partial charge in [-0.25, -0.2) is 0 Å². The van der Waals surface area contributed by atoms with E-state index < -0.39 is 10.0 Å². The van der Waals surface area contributed by atoms with Crippen molar-refractivity contribution in [1.82, 2.24) is 0 Å². The predicted molar refractivity (Wildman–Crippen MR) is 235 cm³/mol. The van der Waals surface area contributed by atoms with Gasteiger partial charge in [0.2, 0.25) is 0 Å². The molecule has 10 aromatic rings. The Morgan fingerprint density at radius 3 is 1.57 bits per heavy atom. The number of hydrogen-bond donors (Lipinski definition) is 0. The molecule has 10 rings (SSSR count). The van der Waals surface area contributed by atoms with E-state index >= 15 is 0 Å². The highest BCUT2D eigenvalue weighted by atomic mass is 32.3. The molecule has 0 aliphatic carbocycles. The number of benzene rings is 10. The average molecular weight is 699 g/mol. The van der Waals surface area contributed by atoms with Crippen molar-refractivity contribution in [2.75, 3.05) is 11.5 Å². The fourth-order valence-corrected chi connectivity index (χ4v) is 13.4. The first-order chi connectivity index (χ1) is 26.0. The summed E-state index contributed by atoms with van der Waals surface area (Å²) in [4.78, 5) is 3.05. The van der Waals surface area contributed by atoms with Crippen molar-refractivity contribution in [1.29, 1.82) is 0 Å². The van der Waals surface area contributed by atoms with Gasteiger partial charge < -0.3 is 0 Å². The molecule has 0 aromatic heterocycles. The molecule has 0 aliphatic heterocycles. The van der Waals surface area contributed by atoms with E-state index in [1.807, 2.05) is 0 Å². The molecule has 0 nitrogen and oxygen atoms in total. The van der Waals surface area contributed by atoms with Crippen LogP contribution in [0.1, 0.15) is 25.0 Å². The summed E-state index contributed by atoms with van der Waals surface area (Å²) < 4.78 is 0. The van der Waals surface area contributed by atoms with Crippen LogP contribution in [0.3, 0.4) is 0 Å². The lowest BCUT2D eigenvalue weighted by Crippen LogP contribution is -2.11. The second kappa shape index (κ2) is 12.2. The van der Waals surface area contributed by atoms with E-state index in [0.29, 0.717) is 0 Å². The van der Waals surface area contributed by atoms with E-state index in [0.717, 1.165) is 11.5 Å². The molecule has 0 amide bonds. The second-order valence-corrected chi connectivity index (χ2v) is 18.5. The Kier molecular flexibility index (Phi) is 7.39. The molecule has 0 saturated heterocycles. The van der Waals surface area contributed by atoms with Crippen LogP contribution in [0.5, 0.6) is 0 Å². The van der Waals surface area contributed by atoms with Gasteiger partial charge in [0.25, 0.3) is 0 Å². The minimum Gasteiger partial charge on any atom is -0.187 e. The summed E-state index contributed by atoms with van der Waals surface area (Å²) in [6.07, 6.45) is 0. The summed E-state index contributed by atoms with van der Waals surface area (Å²) in [5, 5.41) is 16.0. The van der Waals surface area contributed by atoms with Crippen LogP contribution < -0.4 is 0 Å². The maximum Gasteiger partial charge on any atom is 0.00202 e. The van der Waals surface area contributed by atoms with E-state index in [1.165, 1.54) is 108 Å². The van der Waals surface area contributed by atoms with Crippen molar-refractivity contribution < 1.29 is 0 Å². The number of fused-ring (bicyclic) bond motifs is 3. The molecule has 0 aliphatic rings. The van der Waals surface area contributed by atoms with E-state index in [-0.39, 0.29) is 0 Å². The molecular weight excluding hydrogens is 657 g/mol. The first-order valence-electron chi connectivity index (χ1n) is 19.0. The molecule has 10 aromatic carbocycles. The quantitative estimate of drug-likeness (QED) is 0.120. The third-order valence-corrected chi connectivity index (χ3v) is 16.5. The number of aryl methyl sites for hydroxylation is 2. The van der Waals surface area contributed by atoms with Gasteiger partial charge in [-0.05, 0) is 146 Å². The SMILES string of the molecule is CCS(CC)(c1cc(C)c(-c2c3ccccc3c(-c3ccc4ccccc4c3)c3ccccc23)cc1C)c1ccc2ccc3cccc4ccc1c2c34. The summed E-state index contributed by atoms with van der Waals surface area (Å²) in [6, 6.07) is 59.8. The Balaban J connectivity index is 1.21. The van der Waals surface area contributed by atoms with Crippen molar-refractivity contribution in [2.24, 2.45) is 0 Å². The Hall–Kier alpha value is -5.63. The molecule has 0 spiro atoms. The van der Waals surface area contributed by atoms with Crippen molar-refractivity contribution in [3.8, 4) is 22.3 Å². The van der Waals surface area contributed by atoms with Crippen LogP contribution >= 0.6 is 10.0 Å². The minimum atomic E-state index is -1.35. The van der Waals surface area contributed by atoms with Gasteiger partial charge in [-0.1, -0.05) is 153 Å². The fourth-order valence-electron chi connectivity index (χ4n) is 9.55.